The molecule has 98 valence electrons. The van der Waals surface area contributed by atoms with E-state index in [4.69, 9.17) is 10.2 Å². The molecule has 3 nitrogen and oxygen atoms in total. The molecule has 0 fully saturated rings. The van der Waals surface area contributed by atoms with Crippen LogP contribution in [0.15, 0.2) is 40.5 Å². The maximum Gasteiger partial charge on any atom is 0.0950 e. The molecule has 0 aliphatic rings. The van der Waals surface area contributed by atoms with Crippen LogP contribution >= 0.6 is 11.3 Å². The predicted molar refractivity (Wildman–Crippen MR) is 75.5 cm³/mol. The van der Waals surface area contributed by atoms with Crippen molar-refractivity contribution in [3.05, 3.63) is 46.5 Å². The molecule has 2 N–H and O–H groups in total. The SMILES string of the molecule is CC(C)N(Cc1cccs1)C(CN)c1ccoc1. The smallest absolute Gasteiger partial charge is 0.0950 e. The Balaban J connectivity index is 2.18. The summed E-state index contributed by atoms with van der Waals surface area (Å²) in [6.07, 6.45) is 3.50. The molecule has 0 saturated carbocycles. The Morgan fingerprint density at radius 3 is 2.72 bits per heavy atom. The van der Waals surface area contributed by atoms with Gasteiger partial charge in [0.05, 0.1) is 18.6 Å². The average Bonchev–Trinajstić information content (AvgIpc) is 3.00. The summed E-state index contributed by atoms with van der Waals surface area (Å²) in [5, 5.41) is 2.11. The Morgan fingerprint density at radius 1 is 1.39 bits per heavy atom. The van der Waals surface area contributed by atoms with Gasteiger partial charge in [0.2, 0.25) is 0 Å². The molecule has 0 saturated heterocycles. The highest BCUT2D eigenvalue weighted by atomic mass is 32.1. The minimum atomic E-state index is 0.214. The minimum absolute atomic E-state index is 0.214. The van der Waals surface area contributed by atoms with Crippen molar-refractivity contribution in [3.63, 3.8) is 0 Å². The van der Waals surface area contributed by atoms with E-state index in [0.717, 1.165) is 12.1 Å². The molecule has 0 amide bonds. The van der Waals surface area contributed by atoms with Crippen LogP contribution < -0.4 is 5.73 Å². The van der Waals surface area contributed by atoms with Gasteiger partial charge in [-0.2, -0.15) is 0 Å². The van der Waals surface area contributed by atoms with E-state index in [2.05, 4.69) is 36.3 Å². The topological polar surface area (TPSA) is 42.4 Å². The zero-order valence-corrected chi connectivity index (χ0v) is 11.7. The van der Waals surface area contributed by atoms with E-state index in [0.29, 0.717) is 12.6 Å². The lowest BCUT2D eigenvalue weighted by molar-refractivity contribution is 0.149. The molecule has 2 aromatic heterocycles. The van der Waals surface area contributed by atoms with Gasteiger partial charge >= 0.3 is 0 Å². The van der Waals surface area contributed by atoms with Gasteiger partial charge in [0.15, 0.2) is 0 Å². The van der Waals surface area contributed by atoms with Gasteiger partial charge in [-0.05, 0) is 31.4 Å². The van der Waals surface area contributed by atoms with Crippen LogP contribution in [-0.4, -0.2) is 17.5 Å². The van der Waals surface area contributed by atoms with Crippen LogP contribution in [0.4, 0.5) is 0 Å². The number of furan rings is 1. The van der Waals surface area contributed by atoms with Crippen LogP contribution in [0.25, 0.3) is 0 Å². The third-order valence-corrected chi connectivity index (χ3v) is 3.99. The van der Waals surface area contributed by atoms with Crippen molar-refractivity contribution in [1.82, 2.24) is 4.90 Å². The molecule has 0 spiro atoms. The van der Waals surface area contributed by atoms with Gasteiger partial charge in [-0.1, -0.05) is 6.07 Å². The van der Waals surface area contributed by atoms with E-state index in [1.54, 1.807) is 23.9 Å². The highest BCUT2D eigenvalue weighted by molar-refractivity contribution is 7.09. The lowest BCUT2D eigenvalue weighted by Gasteiger charge is -2.33. The first-order chi connectivity index (χ1) is 8.72. The molecule has 4 heteroatoms. The molecular formula is C14H20N2OS. The predicted octanol–water partition coefficient (Wildman–Crippen LogP) is 3.25. The summed E-state index contributed by atoms with van der Waals surface area (Å²) in [6.45, 7) is 5.94. The zero-order chi connectivity index (χ0) is 13.0. The second-order valence-corrected chi connectivity index (χ2v) is 5.69. The molecule has 0 radical (unpaired) electrons. The van der Waals surface area contributed by atoms with Crippen LogP contribution in [0.1, 0.15) is 30.3 Å². The van der Waals surface area contributed by atoms with Gasteiger partial charge in [0, 0.05) is 29.6 Å². The number of nitrogens with two attached hydrogens (primary N) is 1. The number of nitrogens with zero attached hydrogens (tertiary/aromatic N) is 1. The fourth-order valence-corrected chi connectivity index (χ4v) is 2.88. The zero-order valence-electron chi connectivity index (χ0n) is 10.9. The molecule has 0 bridgehead atoms. The number of hydrogen-bond donors (Lipinski definition) is 1. The summed E-state index contributed by atoms with van der Waals surface area (Å²) in [4.78, 5) is 3.78. The van der Waals surface area contributed by atoms with E-state index in [1.165, 1.54) is 4.88 Å². The van der Waals surface area contributed by atoms with Crippen molar-refractivity contribution in [1.29, 1.82) is 0 Å². The van der Waals surface area contributed by atoms with E-state index in [-0.39, 0.29) is 6.04 Å². The maximum atomic E-state index is 5.95. The van der Waals surface area contributed by atoms with Crippen molar-refractivity contribution in [2.75, 3.05) is 6.54 Å². The molecule has 0 aromatic carbocycles. The summed E-state index contributed by atoms with van der Waals surface area (Å²) in [7, 11) is 0. The molecule has 2 rings (SSSR count). The summed E-state index contributed by atoms with van der Waals surface area (Å²) in [5.74, 6) is 0. The van der Waals surface area contributed by atoms with Crippen molar-refractivity contribution in [3.8, 4) is 0 Å². The third kappa shape index (κ3) is 3.02. The highest BCUT2D eigenvalue weighted by Gasteiger charge is 2.23. The Kier molecular flexibility index (Phi) is 4.58. The lowest BCUT2D eigenvalue weighted by atomic mass is 10.1. The van der Waals surface area contributed by atoms with Crippen LogP contribution in [-0.2, 0) is 6.54 Å². The number of rotatable bonds is 6. The Morgan fingerprint density at radius 2 is 2.22 bits per heavy atom. The normalized spacial score (nSPS) is 13.4. The van der Waals surface area contributed by atoms with Gasteiger partial charge < -0.3 is 10.2 Å². The highest BCUT2D eigenvalue weighted by Crippen LogP contribution is 2.25. The van der Waals surface area contributed by atoms with Crippen LogP contribution in [0.5, 0.6) is 0 Å². The minimum Gasteiger partial charge on any atom is -0.472 e. The van der Waals surface area contributed by atoms with Crippen LogP contribution in [0.2, 0.25) is 0 Å². The van der Waals surface area contributed by atoms with Crippen molar-refractivity contribution >= 4 is 11.3 Å². The molecule has 2 heterocycles. The first-order valence-corrected chi connectivity index (χ1v) is 7.10. The molecule has 2 aromatic rings. The van der Waals surface area contributed by atoms with Gasteiger partial charge in [-0.15, -0.1) is 11.3 Å². The Labute approximate surface area is 112 Å². The van der Waals surface area contributed by atoms with E-state index < -0.39 is 0 Å². The second kappa shape index (κ2) is 6.18. The standard InChI is InChI=1S/C14H20N2OS/c1-11(2)16(9-13-4-3-7-18-13)14(8-15)12-5-6-17-10-12/h3-7,10-11,14H,8-9,15H2,1-2H3. The molecule has 0 aliphatic heterocycles. The number of thiophene rings is 1. The summed E-state index contributed by atoms with van der Waals surface area (Å²) in [6, 6.07) is 6.92. The van der Waals surface area contributed by atoms with Crippen molar-refractivity contribution < 1.29 is 4.42 Å². The summed E-state index contributed by atoms with van der Waals surface area (Å²) in [5.41, 5.74) is 7.11. The lowest BCUT2D eigenvalue weighted by Crippen LogP contribution is -2.37. The van der Waals surface area contributed by atoms with Gasteiger partial charge in [0.1, 0.15) is 0 Å². The molecule has 0 aliphatic carbocycles. The third-order valence-electron chi connectivity index (χ3n) is 3.13. The average molecular weight is 264 g/mol. The molecule has 1 atom stereocenters. The van der Waals surface area contributed by atoms with Crippen LogP contribution in [0.3, 0.4) is 0 Å². The number of hydrogen-bond acceptors (Lipinski definition) is 4. The molecule has 18 heavy (non-hydrogen) atoms. The first-order valence-electron chi connectivity index (χ1n) is 6.22. The van der Waals surface area contributed by atoms with Gasteiger partial charge in [-0.25, -0.2) is 0 Å². The Bertz CT molecular complexity index is 436. The fraction of sp³-hybridized carbons (Fsp3) is 0.429. The fourth-order valence-electron chi connectivity index (χ4n) is 2.16. The second-order valence-electron chi connectivity index (χ2n) is 4.65. The van der Waals surface area contributed by atoms with E-state index >= 15 is 0 Å². The van der Waals surface area contributed by atoms with E-state index in [1.807, 2.05) is 6.07 Å². The quantitative estimate of drug-likeness (QED) is 0.871. The maximum absolute atomic E-state index is 5.95. The van der Waals surface area contributed by atoms with Gasteiger partial charge in [-0.3, -0.25) is 4.90 Å². The summed E-state index contributed by atoms with van der Waals surface area (Å²) >= 11 is 1.79. The van der Waals surface area contributed by atoms with Gasteiger partial charge in [0.25, 0.3) is 0 Å². The first kappa shape index (κ1) is 13.3. The molecular weight excluding hydrogens is 244 g/mol. The van der Waals surface area contributed by atoms with Crippen molar-refractivity contribution in [2.45, 2.75) is 32.5 Å². The largest absolute Gasteiger partial charge is 0.472 e. The van der Waals surface area contributed by atoms with Crippen LogP contribution in [0, 0.1) is 0 Å². The van der Waals surface area contributed by atoms with Crippen molar-refractivity contribution in [2.24, 2.45) is 5.73 Å². The monoisotopic (exact) mass is 264 g/mol. The molecule has 1 unspecified atom stereocenters. The Hall–Kier alpha value is -1.10. The van der Waals surface area contributed by atoms with E-state index in [9.17, 15) is 0 Å². The summed E-state index contributed by atoms with van der Waals surface area (Å²) < 4.78 is 5.18.